The Morgan fingerprint density at radius 2 is 1.32 bits per heavy atom. The van der Waals surface area contributed by atoms with Crippen LogP contribution in [0.25, 0.3) is 0 Å². The molecule has 0 heterocycles. The number of carbonyl (C=O) groups is 1. The van der Waals surface area contributed by atoms with Gasteiger partial charge in [0.1, 0.15) is 11.5 Å². The number of nitrogens with one attached hydrogen (secondary N) is 1. The summed E-state index contributed by atoms with van der Waals surface area (Å²) in [5.74, 6) is 1.75. The maximum atomic E-state index is 12.3. The van der Waals surface area contributed by atoms with Crippen LogP contribution in [0, 0.1) is 0 Å². The molecule has 0 radical (unpaired) electrons. The third kappa shape index (κ3) is 5.82. The van der Waals surface area contributed by atoms with E-state index in [0.29, 0.717) is 17.4 Å². The van der Waals surface area contributed by atoms with Crippen molar-refractivity contribution in [1.82, 2.24) is 0 Å². The Balaban J connectivity index is 1.91. The maximum absolute atomic E-state index is 12.3. The maximum Gasteiger partial charge on any atom is 0.265 e. The van der Waals surface area contributed by atoms with Crippen molar-refractivity contribution in [1.29, 1.82) is 0 Å². The fourth-order valence-corrected chi connectivity index (χ4v) is 2.32. The van der Waals surface area contributed by atoms with Crippen LogP contribution < -0.4 is 14.8 Å². The largest absolute Gasteiger partial charge is 0.491 e. The Hall–Kier alpha value is -2.49. The second-order valence-corrected chi connectivity index (χ2v) is 6.66. The second kappa shape index (κ2) is 8.56. The quantitative estimate of drug-likeness (QED) is 0.770. The van der Waals surface area contributed by atoms with Gasteiger partial charge < -0.3 is 14.8 Å². The van der Waals surface area contributed by atoms with Crippen LogP contribution in [0.4, 0.5) is 5.69 Å². The number of hydrogen-bond donors (Lipinski definition) is 1. The second-order valence-electron chi connectivity index (χ2n) is 6.66. The van der Waals surface area contributed by atoms with Gasteiger partial charge in [-0.15, -0.1) is 0 Å². The van der Waals surface area contributed by atoms with E-state index in [9.17, 15) is 4.79 Å². The van der Waals surface area contributed by atoms with Gasteiger partial charge in [0.25, 0.3) is 5.91 Å². The molecule has 25 heavy (non-hydrogen) atoms. The molecule has 0 aliphatic carbocycles. The van der Waals surface area contributed by atoms with Crippen molar-refractivity contribution in [2.45, 2.75) is 52.7 Å². The predicted molar refractivity (Wildman–Crippen MR) is 101 cm³/mol. The summed E-state index contributed by atoms with van der Waals surface area (Å²) < 4.78 is 11.3. The standard InChI is InChI=1S/C21H27NO3/c1-14(2)17-6-10-20(11-7-17)25-16(5)21(23)22-18-8-12-19(13-9-18)24-15(3)4/h6-16H,1-5H3,(H,22,23). The summed E-state index contributed by atoms with van der Waals surface area (Å²) in [7, 11) is 0. The zero-order valence-electron chi connectivity index (χ0n) is 15.6. The van der Waals surface area contributed by atoms with E-state index in [1.807, 2.05) is 62.4 Å². The first-order valence-electron chi connectivity index (χ1n) is 8.69. The minimum atomic E-state index is -0.587. The highest BCUT2D eigenvalue weighted by molar-refractivity contribution is 5.94. The number of amides is 1. The molecule has 0 aromatic heterocycles. The van der Waals surface area contributed by atoms with Gasteiger partial charge in [0.15, 0.2) is 6.10 Å². The van der Waals surface area contributed by atoms with Gasteiger partial charge in [-0.25, -0.2) is 0 Å². The van der Waals surface area contributed by atoms with Crippen molar-refractivity contribution in [3.8, 4) is 11.5 Å². The number of carbonyl (C=O) groups excluding carboxylic acids is 1. The van der Waals surface area contributed by atoms with Crippen molar-refractivity contribution >= 4 is 11.6 Å². The first-order chi connectivity index (χ1) is 11.8. The van der Waals surface area contributed by atoms with Crippen molar-refractivity contribution < 1.29 is 14.3 Å². The van der Waals surface area contributed by atoms with E-state index in [-0.39, 0.29) is 12.0 Å². The fourth-order valence-electron chi connectivity index (χ4n) is 2.32. The van der Waals surface area contributed by atoms with E-state index in [1.165, 1.54) is 5.56 Å². The molecule has 0 bridgehead atoms. The highest BCUT2D eigenvalue weighted by Gasteiger charge is 2.15. The number of benzene rings is 2. The summed E-state index contributed by atoms with van der Waals surface area (Å²) >= 11 is 0. The van der Waals surface area contributed by atoms with Crippen molar-refractivity contribution in [2.75, 3.05) is 5.32 Å². The Labute approximate surface area is 150 Å². The van der Waals surface area contributed by atoms with Gasteiger partial charge in [0.2, 0.25) is 0 Å². The van der Waals surface area contributed by atoms with Crippen LogP contribution in [-0.2, 0) is 4.79 Å². The summed E-state index contributed by atoms with van der Waals surface area (Å²) in [6.45, 7) is 9.97. The van der Waals surface area contributed by atoms with Crippen molar-refractivity contribution in [3.63, 3.8) is 0 Å². The minimum absolute atomic E-state index is 0.121. The zero-order valence-corrected chi connectivity index (χ0v) is 15.6. The number of anilines is 1. The molecule has 0 spiro atoms. The monoisotopic (exact) mass is 341 g/mol. The Bertz CT molecular complexity index is 675. The molecule has 2 rings (SSSR count). The third-order valence-electron chi connectivity index (χ3n) is 3.72. The summed E-state index contributed by atoms with van der Waals surface area (Å²) in [4.78, 5) is 12.3. The molecule has 4 nitrogen and oxygen atoms in total. The van der Waals surface area contributed by atoms with Gasteiger partial charge in [-0.3, -0.25) is 4.79 Å². The Morgan fingerprint density at radius 3 is 1.84 bits per heavy atom. The topological polar surface area (TPSA) is 47.6 Å². The molecule has 2 aromatic rings. The Kier molecular flexibility index (Phi) is 6.45. The van der Waals surface area contributed by atoms with Gasteiger partial charge in [-0.2, -0.15) is 0 Å². The van der Waals surface area contributed by atoms with Crippen LogP contribution in [0.2, 0.25) is 0 Å². The lowest BCUT2D eigenvalue weighted by Gasteiger charge is -2.16. The smallest absolute Gasteiger partial charge is 0.265 e. The van der Waals surface area contributed by atoms with Gasteiger partial charge in [0, 0.05) is 5.69 Å². The molecular weight excluding hydrogens is 314 g/mol. The van der Waals surface area contributed by atoms with Crippen LogP contribution in [0.5, 0.6) is 11.5 Å². The Morgan fingerprint density at radius 1 is 0.800 bits per heavy atom. The highest BCUT2D eigenvalue weighted by atomic mass is 16.5. The summed E-state index contributed by atoms with van der Waals surface area (Å²) in [6, 6.07) is 15.2. The van der Waals surface area contributed by atoms with Crippen LogP contribution in [0.1, 0.15) is 46.1 Å². The van der Waals surface area contributed by atoms with Crippen LogP contribution in [0.3, 0.4) is 0 Å². The minimum Gasteiger partial charge on any atom is -0.491 e. The molecule has 1 atom stereocenters. The van der Waals surface area contributed by atoms with Crippen molar-refractivity contribution in [3.05, 3.63) is 54.1 Å². The highest BCUT2D eigenvalue weighted by Crippen LogP contribution is 2.20. The van der Waals surface area contributed by atoms with Crippen molar-refractivity contribution in [2.24, 2.45) is 0 Å². The van der Waals surface area contributed by atoms with E-state index in [2.05, 4.69) is 19.2 Å². The molecule has 4 heteroatoms. The van der Waals surface area contributed by atoms with Gasteiger partial charge in [-0.1, -0.05) is 26.0 Å². The predicted octanol–water partition coefficient (Wildman–Crippen LogP) is 5.00. The summed E-state index contributed by atoms with van der Waals surface area (Å²) in [5, 5.41) is 2.85. The van der Waals surface area contributed by atoms with Gasteiger partial charge >= 0.3 is 0 Å². The molecule has 134 valence electrons. The molecule has 0 fully saturated rings. The molecule has 2 aromatic carbocycles. The average Bonchev–Trinajstić information content (AvgIpc) is 2.56. The lowest BCUT2D eigenvalue weighted by atomic mass is 10.0. The van der Waals surface area contributed by atoms with E-state index >= 15 is 0 Å². The molecule has 0 aliphatic heterocycles. The molecule has 1 N–H and O–H groups in total. The zero-order chi connectivity index (χ0) is 18.4. The molecule has 0 saturated carbocycles. The third-order valence-corrected chi connectivity index (χ3v) is 3.72. The molecule has 0 saturated heterocycles. The first-order valence-corrected chi connectivity index (χ1v) is 8.69. The first kappa shape index (κ1) is 18.8. The molecule has 1 amide bonds. The lowest BCUT2D eigenvalue weighted by Crippen LogP contribution is -2.30. The van der Waals surface area contributed by atoms with E-state index in [1.54, 1.807) is 6.92 Å². The number of hydrogen-bond acceptors (Lipinski definition) is 3. The van der Waals surface area contributed by atoms with Gasteiger partial charge in [-0.05, 0) is 68.7 Å². The van der Waals surface area contributed by atoms with Crippen LogP contribution in [-0.4, -0.2) is 18.1 Å². The normalized spacial score (nSPS) is 12.1. The van der Waals surface area contributed by atoms with Crippen LogP contribution in [0.15, 0.2) is 48.5 Å². The molecule has 1 unspecified atom stereocenters. The van der Waals surface area contributed by atoms with Gasteiger partial charge in [0.05, 0.1) is 6.10 Å². The number of ether oxygens (including phenoxy) is 2. The summed E-state index contributed by atoms with van der Waals surface area (Å²) in [5.41, 5.74) is 1.96. The summed E-state index contributed by atoms with van der Waals surface area (Å²) in [6.07, 6.45) is -0.465. The SMILES string of the molecule is CC(C)Oc1ccc(NC(=O)C(C)Oc2ccc(C(C)C)cc2)cc1. The average molecular weight is 341 g/mol. The van der Waals surface area contributed by atoms with E-state index in [4.69, 9.17) is 9.47 Å². The van der Waals surface area contributed by atoms with E-state index < -0.39 is 6.10 Å². The molecular formula is C21H27NO3. The number of rotatable bonds is 7. The fraction of sp³-hybridized carbons (Fsp3) is 0.381. The van der Waals surface area contributed by atoms with E-state index in [0.717, 1.165) is 5.75 Å². The van der Waals surface area contributed by atoms with Crippen LogP contribution >= 0.6 is 0 Å². The molecule has 0 aliphatic rings. The lowest BCUT2D eigenvalue weighted by molar-refractivity contribution is -0.122.